The monoisotopic (exact) mass is 287 g/mol. The molecule has 1 nitrogen and oxygen atoms in total. The molecule has 1 heterocycles. The van der Waals surface area contributed by atoms with Crippen LogP contribution in [-0.2, 0) is 6.54 Å². The first-order valence-corrected chi connectivity index (χ1v) is 7.45. The summed E-state index contributed by atoms with van der Waals surface area (Å²) in [6.45, 7) is 2.21. The lowest BCUT2D eigenvalue weighted by Gasteiger charge is -2.08. The largest absolute Gasteiger partial charge is 0.312 e. The lowest BCUT2D eigenvalue weighted by molar-refractivity contribution is 0.478. The summed E-state index contributed by atoms with van der Waals surface area (Å²) in [6, 6.07) is 2.20. The number of hydrogen-bond acceptors (Lipinski definition) is 2. The summed E-state index contributed by atoms with van der Waals surface area (Å²) in [7, 11) is 0. The molecule has 1 fully saturated rings. The molecule has 1 aromatic heterocycles. The molecule has 15 heavy (non-hydrogen) atoms. The molecule has 0 amide bonds. The number of hydrogen-bond donors (Lipinski definition) is 1. The van der Waals surface area contributed by atoms with E-state index in [1.165, 1.54) is 48.0 Å². The van der Waals surface area contributed by atoms with Crippen LogP contribution in [-0.4, -0.2) is 6.54 Å². The molecule has 0 aliphatic heterocycles. The zero-order chi connectivity index (χ0) is 10.5. The predicted molar refractivity (Wildman–Crippen MR) is 70.3 cm³/mol. The molecule has 0 radical (unpaired) electrons. The van der Waals surface area contributed by atoms with E-state index in [2.05, 4.69) is 32.7 Å². The minimum absolute atomic E-state index is 1.01. The Labute approximate surface area is 104 Å². The summed E-state index contributed by atoms with van der Waals surface area (Å²) >= 11 is 5.30. The van der Waals surface area contributed by atoms with Crippen LogP contribution in [0.2, 0.25) is 0 Å². The fourth-order valence-electron chi connectivity index (χ4n) is 2.26. The van der Waals surface area contributed by atoms with Crippen LogP contribution in [0.4, 0.5) is 0 Å². The van der Waals surface area contributed by atoms with Gasteiger partial charge in [-0.15, -0.1) is 11.3 Å². The quantitative estimate of drug-likeness (QED) is 0.801. The van der Waals surface area contributed by atoms with Crippen molar-refractivity contribution < 1.29 is 0 Å². The third kappa shape index (κ3) is 3.89. The Balaban J connectivity index is 1.58. The van der Waals surface area contributed by atoms with Crippen LogP contribution in [0.15, 0.2) is 15.9 Å². The highest BCUT2D eigenvalue weighted by molar-refractivity contribution is 9.10. The van der Waals surface area contributed by atoms with Crippen LogP contribution < -0.4 is 5.32 Å². The van der Waals surface area contributed by atoms with E-state index in [-0.39, 0.29) is 0 Å². The van der Waals surface area contributed by atoms with Crippen molar-refractivity contribution in [2.75, 3.05) is 6.54 Å². The van der Waals surface area contributed by atoms with Gasteiger partial charge in [-0.25, -0.2) is 0 Å². The maximum Gasteiger partial charge on any atom is 0.0300 e. The van der Waals surface area contributed by atoms with E-state index in [0.717, 1.165) is 12.5 Å². The van der Waals surface area contributed by atoms with Crippen molar-refractivity contribution in [1.82, 2.24) is 5.32 Å². The van der Waals surface area contributed by atoms with Gasteiger partial charge in [0.25, 0.3) is 0 Å². The van der Waals surface area contributed by atoms with Crippen LogP contribution in [0, 0.1) is 5.92 Å². The van der Waals surface area contributed by atoms with Crippen molar-refractivity contribution in [2.45, 2.75) is 38.6 Å². The van der Waals surface area contributed by atoms with E-state index < -0.39 is 0 Å². The highest BCUT2D eigenvalue weighted by atomic mass is 79.9. The van der Waals surface area contributed by atoms with Gasteiger partial charge in [-0.05, 0) is 40.9 Å². The SMILES string of the molecule is Brc1csc(CNCCC2CCCC2)c1. The molecule has 1 aliphatic carbocycles. The van der Waals surface area contributed by atoms with Gasteiger partial charge in [0.1, 0.15) is 0 Å². The van der Waals surface area contributed by atoms with E-state index in [0.29, 0.717) is 0 Å². The van der Waals surface area contributed by atoms with Gasteiger partial charge >= 0.3 is 0 Å². The second kappa shape index (κ2) is 6.02. The zero-order valence-corrected chi connectivity index (χ0v) is 11.4. The number of thiophene rings is 1. The smallest absolute Gasteiger partial charge is 0.0300 e. The third-order valence-electron chi connectivity index (χ3n) is 3.13. The van der Waals surface area contributed by atoms with Gasteiger partial charge in [-0.1, -0.05) is 25.7 Å². The van der Waals surface area contributed by atoms with E-state index in [4.69, 9.17) is 0 Å². The second-order valence-corrected chi connectivity index (χ2v) is 6.26. The highest BCUT2D eigenvalue weighted by Crippen LogP contribution is 2.27. The minimum Gasteiger partial charge on any atom is -0.312 e. The van der Waals surface area contributed by atoms with Gasteiger partial charge in [0.15, 0.2) is 0 Å². The van der Waals surface area contributed by atoms with E-state index in [9.17, 15) is 0 Å². The predicted octanol–water partition coefficient (Wildman–Crippen LogP) is 4.18. The average Bonchev–Trinajstić information content (AvgIpc) is 2.84. The lowest BCUT2D eigenvalue weighted by atomic mass is 10.0. The number of halogens is 1. The molecule has 0 aromatic carbocycles. The maximum absolute atomic E-state index is 3.53. The molecule has 1 aromatic rings. The number of rotatable bonds is 5. The molecule has 0 atom stereocenters. The Morgan fingerprint density at radius 1 is 1.40 bits per heavy atom. The second-order valence-electron chi connectivity index (χ2n) is 4.35. The Kier molecular flexibility index (Phi) is 4.66. The molecule has 0 bridgehead atoms. The van der Waals surface area contributed by atoms with Gasteiger partial charge in [-0.3, -0.25) is 0 Å². The summed E-state index contributed by atoms with van der Waals surface area (Å²) < 4.78 is 1.21. The Morgan fingerprint density at radius 3 is 2.87 bits per heavy atom. The number of nitrogens with one attached hydrogen (secondary N) is 1. The first-order valence-electron chi connectivity index (χ1n) is 5.78. The average molecular weight is 288 g/mol. The summed E-state index contributed by atoms with van der Waals surface area (Å²) in [4.78, 5) is 1.42. The molecule has 1 N–H and O–H groups in total. The molecular formula is C12H18BrNS. The van der Waals surface area contributed by atoms with Gasteiger partial charge in [0.2, 0.25) is 0 Å². The third-order valence-corrected chi connectivity index (χ3v) is 4.82. The Bertz CT molecular complexity index is 292. The van der Waals surface area contributed by atoms with Crippen molar-refractivity contribution >= 4 is 27.3 Å². The molecule has 2 rings (SSSR count). The van der Waals surface area contributed by atoms with Gasteiger partial charge in [0, 0.05) is 21.3 Å². The van der Waals surface area contributed by atoms with Crippen LogP contribution in [0.3, 0.4) is 0 Å². The van der Waals surface area contributed by atoms with Crippen molar-refractivity contribution in [3.63, 3.8) is 0 Å². The van der Waals surface area contributed by atoms with Crippen molar-refractivity contribution in [3.8, 4) is 0 Å². The summed E-state index contributed by atoms with van der Waals surface area (Å²) in [5, 5.41) is 5.68. The Hall–Kier alpha value is 0.140. The molecule has 0 unspecified atom stereocenters. The topological polar surface area (TPSA) is 12.0 Å². The minimum atomic E-state index is 1.01. The van der Waals surface area contributed by atoms with Gasteiger partial charge in [0.05, 0.1) is 0 Å². The summed E-state index contributed by atoms with van der Waals surface area (Å²) in [6.07, 6.45) is 7.22. The molecular weight excluding hydrogens is 270 g/mol. The molecule has 0 spiro atoms. The van der Waals surface area contributed by atoms with Gasteiger partial charge < -0.3 is 5.32 Å². The summed E-state index contributed by atoms with van der Waals surface area (Å²) in [5.41, 5.74) is 0. The fourth-order valence-corrected chi connectivity index (χ4v) is 3.68. The fraction of sp³-hybridized carbons (Fsp3) is 0.667. The van der Waals surface area contributed by atoms with Crippen LogP contribution in [0.25, 0.3) is 0 Å². The molecule has 3 heteroatoms. The lowest BCUT2D eigenvalue weighted by Crippen LogP contribution is -2.16. The van der Waals surface area contributed by atoms with Crippen LogP contribution in [0.1, 0.15) is 37.0 Å². The summed E-state index contributed by atoms with van der Waals surface area (Å²) in [5.74, 6) is 1.01. The molecule has 1 aliphatic rings. The maximum atomic E-state index is 3.53. The molecule has 84 valence electrons. The van der Waals surface area contributed by atoms with E-state index in [1.54, 1.807) is 0 Å². The van der Waals surface area contributed by atoms with Crippen molar-refractivity contribution in [1.29, 1.82) is 0 Å². The zero-order valence-electron chi connectivity index (χ0n) is 8.97. The first-order chi connectivity index (χ1) is 7.34. The Morgan fingerprint density at radius 2 is 2.20 bits per heavy atom. The standard InChI is InChI=1S/C12H18BrNS/c13-11-7-12(15-9-11)8-14-6-5-10-3-1-2-4-10/h7,9-10,14H,1-6,8H2. The normalized spacial score (nSPS) is 17.4. The van der Waals surface area contributed by atoms with Crippen molar-refractivity contribution in [3.05, 3.63) is 20.8 Å². The highest BCUT2D eigenvalue weighted by Gasteiger charge is 2.13. The van der Waals surface area contributed by atoms with E-state index >= 15 is 0 Å². The van der Waals surface area contributed by atoms with Crippen LogP contribution >= 0.6 is 27.3 Å². The van der Waals surface area contributed by atoms with Crippen LogP contribution in [0.5, 0.6) is 0 Å². The first kappa shape index (κ1) is 11.6. The molecule has 1 saturated carbocycles. The van der Waals surface area contributed by atoms with E-state index in [1.807, 2.05) is 11.3 Å². The van der Waals surface area contributed by atoms with Crippen molar-refractivity contribution in [2.24, 2.45) is 5.92 Å². The van der Waals surface area contributed by atoms with Gasteiger partial charge in [-0.2, -0.15) is 0 Å². The molecule has 0 saturated heterocycles.